The standard InChI is InChI=1S/C20H22ClN5OS/c1-3-13(2)14-7-9-17(10-8-14)23-18(27)12-28-20-25-24-19(26(20)22)15-5-4-6-16(21)11-15/h4-11,13H,3,12,22H2,1-2H3,(H,23,27)/t13-/m1/s1. The van der Waals surface area contributed by atoms with Crippen molar-refractivity contribution in [2.24, 2.45) is 0 Å². The lowest BCUT2D eigenvalue weighted by molar-refractivity contribution is -0.113. The number of nitrogen functional groups attached to an aromatic ring is 1. The van der Waals surface area contributed by atoms with Crippen LogP contribution >= 0.6 is 23.4 Å². The summed E-state index contributed by atoms with van der Waals surface area (Å²) >= 11 is 7.24. The van der Waals surface area contributed by atoms with Crippen LogP contribution in [0.4, 0.5) is 5.69 Å². The minimum absolute atomic E-state index is 0.131. The Morgan fingerprint density at radius 3 is 2.68 bits per heavy atom. The highest BCUT2D eigenvalue weighted by Crippen LogP contribution is 2.24. The first-order valence-electron chi connectivity index (χ1n) is 8.97. The van der Waals surface area contributed by atoms with Crippen molar-refractivity contribution in [2.75, 3.05) is 16.9 Å². The Morgan fingerprint density at radius 1 is 1.25 bits per heavy atom. The molecule has 0 unspecified atom stereocenters. The average molecular weight is 416 g/mol. The molecule has 3 N–H and O–H groups in total. The van der Waals surface area contributed by atoms with Crippen molar-refractivity contribution in [1.29, 1.82) is 0 Å². The van der Waals surface area contributed by atoms with Crippen molar-refractivity contribution in [3.05, 3.63) is 59.1 Å². The van der Waals surface area contributed by atoms with Gasteiger partial charge in [-0.25, -0.2) is 4.68 Å². The van der Waals surface area contributed by atoms with E-state index in [1.165, 1.54) is 22.0 Å². The van der Waals surface area contributed by atoms with E-state index in [1.807, 2.05) is 36.4 Å². The second-order valence-corrected chi connectivity index (χ2v) is 7.83. The van der Waals surface area contributed by atoms with Gasteiger partial charge in [-0.3, -0.25) is 4.79 Å². The van der Waals surface area contributed by atoms with Gasteiger partial charge in [-0.15, -0.1) is 10.2 Å². The summed E-state index contributed by atoms with van der Waals surface area (Å²) in [7, 11) is 0. The van der Waals surface area contributed by atoms with Gasteiger partial charge in [-0.1, -0.05) is 61.5 Å². The van der Waals surface area contributed by atoms with Crippen LogP contribution in [0.15, 0.2) is 53.7 Å². The molecule has 28 heavy (non-hydrogen) atoms. The van der Waals surface area contributed by atoms with Gasteiger partial charge in [0.2, 0.25) is 11.1 Å². The lowest BCUT2D eigenvalue weighted by Crippen LogP contribution is -2.16. The van der Waals surface area contributed by atoms with Gasteiger partial charge in [0, 0.05) is 16.3 Å². The van der Waals surface area contributed by atoms with Crippen molar-refractivity contribution in [1.82, 2.24) is 14.9 Å². The molecule has 0 spiro atoms. The molecule has 0 fully saturated rings. The molecule has 0 radical (unpaired) electrons. The fraction of sp³-hybridized carbons (Fsp3) is 0.250. The Labute approximate surface area is 173 Å². The molecule has 8 heteroatoms. The van der Waals surface area contributed by atoms with Crippen molar-refractivity contribution in [3.63, 3.8) is 0 Å². The summed E-state index contributed by atoms with van der Waals surface area (Å²) in [5.74, 6) is 7.12. The predicted octanol–water partition coefficient (Wildman–Crippen LogP) is 4.56. The molecule has 0 aliphatic carbocycles. The third-order valence-corrected chi connectivity index (χ3v) is 5.63. The maximum absolute atomic E-state index is 12.2. The Balaban J connectivity index is 1.59. The molecule has 0 bridgehead atoms. The van der Waals surface area contributed by atoms with Crippen LogP contribution in [-0.4, -0.2) is 26.5 Å². The Morgan fingerprint density at radius 2 is 2.00 bits per heavy atom. The number of anilines is 1. The number of hydrogen-bond donors (Lipinski definition) is 2. The van der Waals surface area contributed by atoms with Gasteiger partial charge in [-0.05, 0) is 42.2 Å². The highest BCUT2D eigenvalue weighted by atomic mass is 35.5. The van der Waals surface area contributed by atoms with Crippen molar-refractivity contribution >= 4 is 35.0 Å². The SMILES string of the molecule is CC[C@@H](C)c1ccc(NC(=O)CSc2nnc(-c3cccc(Cl)c3)n2N)cc1. The first-order valence-corrected chi connectivity index (χ1v) is 10.3. The second kappa shape index (κ2) is 9.12. The summed E-state index contributed by atoms with van der Waals surface area (Å²) in [4.78, 5) is 12.2. The van der Waals surface area contributed by atoms with Gasteiger partial charge in [0.1, 0.15) is 0 Å². The summed E-state index contributed by atoms with van der Waals surface area (Å²) in [5.41, 5.74) is 2.80. The van der Waals surface area contributed by atoms with Crippen LogP contribution in [0.25, 0.3) is 11.4 Å². The molecule has 1 atom stereocenters. The molecule has 0 aliphatic rings. The summed E-state index contributed by atoms with van der Waals surface area (Å²) in [6.07, 6.45) is 1.08. The van der Waals surface area contributed by atoms with Gasteiger partial charge < -0.3 is 11.2 Å². The summed E-state index contributed by atoms with van der Waals surface area (Å²) in [6, 6.07) is 15.1. The molecule has 0 aliphatic heterocycles. The van der Waals surface area contributed by atoms with Crippen LogP contribution in [0.3, 0.4) is 0 Å². The molecule has 2 aromatic carbocycles. The smallest absolute Gasteiger partial charge is 0.234 e. The van der Waals surface area contributed by atoms with Crippen LogP contribution in [0, 0.1) is 0 Å². The number of carbonyl (C=O) groups excluding carboxylic acids is 1. The monoisotopic (exact) mass is 415 g/mol. The Hall–Kier alpha value is -2.51. The number of nitrogens with zero attached hydrogens (tertiary/aromatic N) is 3. The van der Waals surface area contributed by atoms with Crippen molar-refractivity contribution in [2.45, 2.75) is 31.3 Å². The van der Waals surface area contributed by atoms with E-state index in [1.54, 1.807) is 12.1 Å². The molecule has 1 amide bonds. The third kappa shape index (κ3) is 4.85. The molecule has 3 rings (SSSR count). The number of nitrogens with one attached hydrogen (secondary N) is 1. The first kappa shape index (κ1) is 20.2. The van der Waals surface area contributed by atoms with E-state index in [4.69, 9.17) is 17.4 Å². The van der Waals surface area contributed by atoms with Crippen LogP contribution in [-0.2, 0) is 4.79 Å². The Bertz CT molecular complexity index is 957. The summed E-state index contributed by atoms with van der Waals surface area (Å²) in [6.45, 7) is 4.34. The largest absolute Gasteiger partial charge is 0.335 e. The van der Waals surface area contributed by atoms with E-state index in [2.05, 4.69) is 29.4 Å². The lowest BCUT2D eigenvalue weighted by atomic mass is 9.99. The molecule has 3 aromatic rings. The number of carbonyl (C=O) groups is 1. The molecule has 1 aromatic heterocycles. The third-order valence-electron chi connectivity index (χ3n) is 4.46. The number of halogens is 1. The number of rotatable bonds is 7. The number of amides is 1. The van der Waals surface area contributed by atoms with Crippen molar-refractivity contribution in [3.8, 4) is 11.4 Å². The number of aromatic nitrogens is 3. The van der Waals surface area contributed by atoms with E-state index >= 15 is 0 Å². The van der Waals surface area contributed by atoms with Crippen LogP contribution in [0.1, 0.15) is 31.7 Å². The fourth-order valence-electron chi connectivity index (χ4n) is 2.66. The van der Waals surface area contributed by atoms with Crippen molar-refractivity contribution < 1.29 is 4.79 Å². The topological polar surface area (TPSA) is 85.8 Å². The van der Waals surface area contributed by atoms with Gasteiger partial charge in [-0.2, -0.15) is 0 Å². The van der Waals surface area contributed by atoms with Crippen LogP contribution in [0.2, 0.25) is 5.02 Å². The number of nitrogens with two attached hydrogens (primary N) is 1. The molecule has 0 saturated heterocycles. The zero-order valence-corrected chi connectivity index (χ0v) is 17.3. The van der Waals surface area contributed by atoms with E-state index < -0.39 is 0 Å². The van der Waals surface area contributed by atoms with E-state index in [9.17, 15) is 4.79 Å². The second-order valence-electron chi connectivity index (χ2n) is 6.45. The van der Waals surface area contributed by atoms with Gasteiger partial charge in [0.05, 0.1) is 5.75 Å². The zero-order valence-electron chi connectivity index (χ0n) is 15.7. The number of benzene rings is 2. The molecule has 1 heterocycles. The molecular formula is C20H22ClN5OS. The van der Waals surface area contributed by atoms with E-state index in [-0.39, 0.29) is 11.7 Å². The van der Waals surface area contributed by atoms with E-state index in [0.717, 1.165) is 17.7 Å². The quantitative estimate of drug-likeness (QED) is 0.436. The minimum Gasteiger partial charge on any atom is -0.335 e. The van der Waals surface area contributed by atoms with E-state index in [0.29, 0.717) is 21.9 Å². The number of hydrogen-bond acceptors (Lipinski definition) is 5. The van der Waals surface area contributed by atoms with Crippen LogP contribution in [0.5, 0.6) is 0 Å². The average Bonchev–Trinajstić information content (AvgIpc) is 3.07. The molecular weight excluding hydrogens is 394 g/mol. The zero-order chi connectivity index (χ0) is 20.1. The van der Waals surface area contributed by atoms with Gasteiger partial charge >= 0.3 is 0 Å². The van der Waals surface area contributed by atoms with Gasteiger partial charge in [0.15, 0.2) is 5.82 Å². The highest BCUT2D eigenvalue weighted by Gasteiger charge is 2.14. The normalized spacial score (nSPS) is 12.0. The fourth-order valence-corrected chi connectivity index (χ4v) is 3.50. The van der Waals surface area contributed by atoms with Gasteiger partial charge in [0.25, 0.3) is 0 Å². The lowest BCUT2D eigenvalue weighted by Gasteiger charge is -2.10. The predicted molar refractivity (Wildman–Crippen MR) is 115 cm³/mol. The maximum Gasteiger partial charge on any atom is 0.234 e. The molecule has 0 saturated carbocycles. The maximum atomic E-state index is 12.2. The molecule has 6 nitrogen and oxygen atoms in total. The molecule has 146 valence electrons. The highest BCUT2D eigenvalue weighted by molar-refractivity contribution is 7.99. The summed E-state index contributed by atoms with van der Waals surface area (Å²) in [5, 5.41) is 12.1. The Kier molecular flexibility index (Phi) is 6.59. The van der Waals surface area contributed by atoms with Crippen LogP contribution < -0.4 is 11.2 Å². The number of thioether (sulfide) groups is 1. The minimum atomic E-state index is -0.131. The summed E-state index contributed by atoms with van der Waals surface area (Å²) < 4.78 is 1.37. The first-order chi connectivity index (χ1) is 13.5.